The van der Waals surface area contributed by atoms with Crippen molar-refractivity contribution in [3.8, 4) is 0 Å². The number of piperazine rings is 1. The van der Waals surface area contributed by atoms with Crippen LogP contribution in [0.25, 0.3) is 0 Å². The second kappa shape index (κ2) is 6.24. The highest BCUT2D eigenvalue weighted by Crippen LogP contribution is 2.17. The number of nitrogens with zero attached hydrogens (tertiary/aromatic N) is 4. The van der Waals surface area contributed by atoms with Crippen molar-refractivity contribution in [2.45, 2.75) is 19.0 Å². The fourth-order valence-electron chi connectivity index (χ4n) is 2.98. The minimum absolute atomic E-state index is 0.165. The monoisotopic (exact) mass is 341 g/mol. The lowest BCUT2D eigenvalue weighted by molar-refractivity contribution is -0.131. The quantitative estimate of drug-likeness (QED) is 0.850. The number of carbonyl (C=O) groups is 1. The van der Waals surface area contributed by atoms with Crippen LogP contribution in [-0.2, 0) is 11.3 Å². The Kier molecular flexibility index (Phi) is 4.38. The Balaban J connectivity index is 1.52. The first-order chi connectivity index (χ1) is 9.72. The van der Waals surface area contributed by atoms with Crippen molar-refractivity contribution >= 4 is 21.8 Å². The maximum absolute atomic E-state index is 12.3. The third-order valence-electron chi connectivity index (χ3n) is 4.08. The lowest BCUT2D eigenvalue weighted by Crippen LogP contribution is -2.49. The second-order valence-electron chi connectivity index (χ2n) is 5.42. The van der Waals surface area contributed by atoms with Crippen LogP contribution in [0.1, 0.15) is 6.42 Å². The molecule has 0 bridgehead atoms. The van der Waals surface area contributed by atoms with E-state index < -0.39 is 0 Å². The molecule has 3 rings (SSSR count). The van der Waals surface area contributed by atoms with Crippen LogP contribution in [-0.4, -0.2) is 70.8 Å². The van der Waals surface area contributed by atoms with Crippen molar-refractivity contribution in [3.63, 3.8) is 0 Å². The Hall–Kier alpha value is -0.920. The summed E-state index contributed by atoms with van der Waals surface area (Å²) in [5.74, 6) is 0.165. The molecular weight excluding hydrogens is 322 g/mol. The minimum atomic E-state index is 0.165. The number of hydrogen-bond donors (Lipinski definition) is 1. The normalized spacial score (nSPS) is 24.2. The average Bonchev–Trinajstić information content (AvgIpc) is 3.09. The SMILES string of the molecule is O=C(Cn1cc(Br)cn1)N1CCC(N2CCNCC2)C1. The van der Waals surface area contributed by atoms with E-state index in [0.29, 0.717) is 12.6 Å². The molecule has 1 N–H and O–H groups in total. The number of hydrogen-bond acceptors (Lipinski definition) is 4. The van der Waals surface area contributed by atoms with E-state index >= 15 is 0 Å². The minimum Gasteiger partial charge on any atom is -0.339 e. The van der Waals surface area contributed by atoms with E-state index in [0.717, 1.165) is 50.2 Å². The summed E-state index contributed by atoms with van der Waals surface area (Å²) < 4.78 is 2.59. The van der Waals surface area contributed by atoms with Crippen LogP contribution in [0.15, 0.2) is 16.9 Å². The zero-order valence-corrected chi connectivity index (χ0v) is 13.0. The van der Waals surface area contributed by atoms with Gasteiger partial charge in [0.25, 0.3) is 0 Å². The highest BCUT2D eigenvalue weighted by Gasteiger charge is 2.30. The van der Waals surface area contributed by atoms with E-state index in [9.17, 15) is 4.79 Å². The van der Waals surface area contributed by atoms with Gasteiger partial charge in [-0.2, -0.15) is 5.10 Å². The largest absolute Gasteiger partial charge is 0.339 e. The fraction of sp³-hybridized carbons (Fsp3) is 0.692. The molecule has 2 aliphatic heterocycles. The lowest BCUT2D eigenvalue weighted by atomic mass is 10.2. The summed E-state index contributed by atoms with van der Waals surface area (Å²) in [5, 5.41) is 7.51. The number of halogens is 1. The van der Waals surface area contributed by atoms with Gasteiger partial charge >= 0.3 is 0 Å². The second-order valence-corrected chi connectivity index (χ2v) is 6.34. The summed E-state index contributed by atoms with van der Waals surface area (Å²) in [4.78, 5) is 16.8. The van der Waals surface area contributed by atoms with Crippen molar-refractivity contribution in [2.75, 3.05) is 39.3 Å². The molecule has 1 amide bonds. The van der Waals surface area contributed by atoms with Crippen molar-refractivity contribution in [3.05, 3.63) is 16.9 Å². The number of likely N-dealkylation sites (tertiary alicyclic amines) is 1. The summed E-state index contributed by atoms with van der Waals surface area (Å²) in [7, 11) is 0. The molecule has 0 aromatic carbocycles. The Bertz CT molecular complexity index is 471. The highest BCUT2D eigenvalue weighted by atomic mass is 79.9. The van der Waals surface area contributed by atoms with Crippen LogP contribution in [0.4, 0.5) is 0 Å². The molecular formula is C13H20BrN5O. The first-order valence-corrected chi connectivity index (χ1v) is 7.92. The van der Waals surface area contributed by atoms with Crippen LogP contribution in [0.3, 0.4) is 0 Å². The maximum atomic E-state index is 12.3. The molecule has 2 aliphatic rings. The highest BCUT2D eigenvalue weighted by molar-refractivity contribution is 9.10. The van der Waals surface area contributed by atoms with E-state index in [1.807, 2.05) is 11.1 Å². The molecule has 6 nitrogen and oxygen atoms in total. The van der Waals surface area contributed by atoms with Crippen LogP contribution in [0.5, 0.6) is 0 Å². The molecule has 20 heavy (non-hydrogen) atoms. The maximum Gasteiger partial charge on any atom is 0.244 e. The lowest BCUT2D eigenvalue weighted by Gasteiger charge is -2.32. The number of amides is 1. The third kappa shape index (κ3) is 3.21. The fourth-order valence-corrected chi connectivity index (χ4v) is 3.30. The van der Waals surface area contributed by atoms with Crippen molar-refractivity contribution < 1.29 is 4.79 Å². The third-order valence-corrected chi connectivity index (χ3v) is 4.49. The number of aromatic nitrogens is 2. The van der Waals surface area contributed by atoms with E-state index in [4.69, 9.17) is 0 Å². The molecule has 1 aromatic heterocycles. The van der Waals surface area contributed by atoms with Gasteiger partial charge in [-0.3, -0.25) is 14.4 Å². The van der Waals surface area contributed by atoms with Gasteiger partial charge < -0.3 is 10.2 Å². The van der Waals surface area contributed by atoms with E-state index in [2.05, 4.69) is 31.2 Å². The van der Waals surface area contributed by atoms with E-state index in [-0.39, 0.29) is 5.91 Å². The van der Waals surface area contributed by atoms with Gasteiger partial charge in [0.2, 0.25) is 5.91 Å². The van der Waals surface area contributed by atoms with Gasteiger partial charge in [0, 0.05) is 51.5 Å². The van der Waals surface area contributed by atoms with Gasteiger partial charge in [0.05, 0.1) is 10.7 Å². The number of nitrogens with one attached hydrogen (secondary N) is 1. The van der Waals surface area contributed by atoms with Gasteiger partial charge in [-0.05, 0) is 22.4 Å². The first-order valence-electron chi connectivity index (χ1n) is 7.13. The predicted molar refractivity (Wildman–Crippen MR) is 79.4 cm³/mol. The summed E-state index contributed by atoms with van der Waals surface area (Å²) in [6.07, 6.45) is 4.64. The molecule has 1 unspecified atom stereocenters. The summed E-state index contributed by atoms with van der Waals surface area (Å²) in [6, 6.07) is 0.533. The number of rotatable bonds is 3. The Morgan fingerprint density at radius 3 is 2.90 bits per heavy atom. The zero-order chi connectivity index (χ0) is 13.9. The van der Waals surface area contributed by atoms with Crippen LogP contribution in [0.2, 0.25) is 0 Å². The van der Waals surface area contributed by atoms with Crippen LogP contribution in [0, 0.1) is 0 Å². The van der Waals surface area contributed by atoms with Crippen LogP contribution < -0.4 is 5.32 Å². The summed E-state index contributed by atoms with van der Waals surface area (Å²) >= 11 is 3.35. The zero-order valence-electron chi connectivity index (χ0n) is 11.5. The summed E-state index contributed by atoms with van der Waals surface area (Å²) in [5.41, 5.74) is 0. The van der Waals surface area contributed by atoms with E-state index in [1.54, 1.807) is 10.9 Å². The molecule has 2 fully saturated rings. The van der Waals surface area contributed by atoms with Gasteiger partial charge in [0.1, 0.15) is 6.54 Å². The Labute approximate surface area is 127 Å². The van der Waals surface area contributed by atoms with Crippen molar-refractivity contribution in [2.24, 2.45) is 0 Å². The average molecular weight is 342 g/mol. The molecule has 0 spiro atoms. The molecule has 1 aromatic rings. The van der Waals surface area contributed by atoms with Gasteiger partial charge in [0.15, 0.2) is 0 Å². The van der Waals surface area contributed by atoms with Gasteiger partial charge in [-0.1, -0.05) is 0 Å². The molecule has 3 heterocycles. The molecule has 110 valence electrons. The Morgan fingerprint density at radius 1 is 1.40 bits per heavy atom. The van der Waals surface area contributed by atoms with Gasteiger partial charge in [-0.15, -0.1) is 0 Å². The Morgan fingerprint density at radius 2 is 2.20 bits per heavy atom. The predicted octanol–water partition coefficient (Wildman–Crippen LogP) is 0.152. The molecule has 0 aliphatic carbocycles. The van der Waals surface area contributed by atoms with Crippen molar-refractivity contribution in [1.82, 2.24) is 24.9 Å². The first kappa shape index (κ1) is 14.0. The van der Waals surface area contributed by atoms with Crippen LogP contribution >= 0.6 is 15.9 Å². The van der Waals surface area contributed by atoms with Gasteiger partial charge in [-0.25, -0.2) is 0 Å². The van der Waals surface area contributed by atoms with E-state index in [1.165, 1.54) is 0 Å². The smallest absolute Gasteiger partial charge is 0.244 e. The van der Waals surface area contributed by atoms with Crippen molar-refractivity contribution in [1.29, 1.82) is 0 Å². The summed E-state index contributed by atoms with van der Waals surface area (Å²) in [6.45, 7) is 6.38. The molecule has 7 heteroatoms. The molecule has 2 saturated heterocycles. The topological polar surface area (TPSA) is 53.4 Å². The molecule has 0 saturated carbocycles. The standard InChI is InChI=1S/C13H20BrN5O/c14-11-7-16-19(8-11)10-13(20)18-4-1-12(9-18)17-5-2-15-3-6-17/h7-8,12,15H,1-6,9-10H2. The number of carbonyl (C=O) groups excluding carboxylic acids is 1. The molecule has 0 radical (unpaired) electrons. The molecule has 1 atom stereocenters.